The summed E-state index contributed by atoms with van der Waals surface area (Å²) in [6.07, 6.45) is -1.10. The number of ether oxygens (including phenoxy) is 1. The maximum atomic E-state index is 9.68. The molecule has 4 heteroatoms. The summed E-state index contributed by atoms with van der Waals surface area (Å²) in [4.78, 5) is 0. The molecule has 0 radical (unpaired) electrons. The van der Waals surface area contributed by atoms with Gasteiger partial charge in [-0.2, -0.15) is 0 Å². The number of nitrogens with one attached hydrogen (secondary N) is 1. The Kier molecular flexibility index (Phi) is 3.67. The molecule has 0 saturated carbocycles. The van der Waals surface area contributed by atoms with E-state index in [2.05, 4.69) is 5.32 Å². The second kappa shape index (κ2) is 4.37. The Morgan fingerprint density at radius 2 is 1.92 bits per heavy atom. The summed E-state index contributed by atoms with van der Waals surface area (Å²) in [5.41, 5.74) is 0. The van der Waals surface area contributed by atoms with Crippen molar-refractivity contribution >= 4 is 0 Å². The highest BCUT2D eigenvalue weighted by atomic mass is 16.5. The molecule has 1 heterocycles. The number of hydrogen-bond acceptors (Lipinski definition) is 4. The normalized spacial score (nSPS) is 46.4. The first-order valence-electron chi connectivity index (χ1n) is 4.80. The predicted octanol–water partition coefficient (Wildman–Crippen LogP) is -0.301. The lowest BCUT2D eigenvalue weighted by molar-refractivity contribution is -0.203. The highest BCUT2D eigenvalue weighted by Gasteiger charge is 2.40. The Morgan fingerprint density at radius 3 is 2.38 bits per heavy atom. The molecule has 4 nitrogen and oxygen atoms in total. The standard InChI is InChI=1S/C9H19NO3/c1-4-6-5(2)7(11)8(12)9(10-3)13-6/h5-12H,4H2,1-3H3/t5?,6?,7-,8?,9?/m0/s1. The van der Waals surface area contributed by atoms with Crippen molar-refractivity contribution in [2.45, 2.75) is 44.8 Å². The van der Waals surface area contributed by atoms with Crippen molar-refractivity contribution in [3.05, 3.63) is 0 Å². The molecular formula is C9H19NO3. The van der Waals surface area contributed by atoms with Gasteiger partial charge in [-0.25, -0.2) is 0 Å². The Hall–Kier alpha value is -0.160. The molecule has 4 unspecified atom stereocenters. The molecule has 0 aromatic carbocycles. The Morgan fingerprint density at radius 1 is 1.31 bits per heavy atom. The third-order valence-corrected chi connectivity index (χ3v) is 2.79. The van der Waals surface area contributed by atoms with E-state index in [-0.39, 0.29) is 12.0 Å². The van der Waals surface area contributed by atoms with Crippen LogP contribution < -0.4 is 5.32 Å². The topological polar surface area (TPSA) is 61.7 Å². The molecule has 3 N–H and O–H groups in total. The van der Waals surface area contributed by atoms with E-state index >= 15 is 0 Å². The minimum absolute atomic E-state index is 0.00963. The van der Waals surface area contributed by atoms with Gasteiger partial charge in [0.05, 0.1) is 12.2 Å². The molecule has 1 fully saturated rings. The highest BCUT2D eigenvalue weighted by Crippen LogP contribution is 2.26. The maximum absolute atomic E-state index is 9.68. The van der Waals surface area contributed by atoms with Gasteiger partial charge in [-0.1, -0.05) is 13.8 Å². The molecule has 0 aromatic rings. The maximum Gasteiger partial charge on any atom is 0.137 e. The average Bonchev–Trinajstić information content (AvgIpc) is 2.15. The monoisotopic (exact) mass is 189 g/mol. The molecule has 1 aliphatic rings. The molecule has 0 spiro atoms. The lowest BCUT2D eigenvalue weighted by Gasteiger charge is -2.41. The average molecular weight is 189 g/mol. The van der Waals surface area contributed by atoms with Gasteiger partial charge >= 0.3 is 0 Å². The van der Waals surface area contributed by atoms with Crippen LogP contribution in [0.25, 0.3) is 0 Å². The summed E-state index contributed by atoms with van der Waals surface area (Å²) in [6, 6.07) is 0. The predicted molar refractivity (Wildman–Crippen MR) is 49.2 cm³/mol. The summed E-state index contributed by atoms with van der Waals surface area (Å²) in [6.45, 7) is 3.91. The van der Waals surface area contributed by atoms with E-state index in [4.69, 9.17) is 4.74 Å². The van der Waals surface area contributed by atoms with Gasteiger partial charge in [-0.15, -0.1) is 0 Å². The van der Waals surface area contributed by atoms with Crippen LogP contribution in [0.15, 0.2) is 0 Å². The Balaban J connectivity index is 2.66. The highest BCUT2D eigenvalue weighted by molar-refractivity contribution is 4.87. The third-order valence-electron chi connectivity index (χ3n) is 2.79. The fourth-order valence-corrected chi connectivity index (χ4v) is 1.81. The van der Waals surface area contributed by atoms with Crippen LogP contribution in [0.1, 0.15) is 20.3 Å². The van der Waals surface area contributed by atoms with Crippen LogP contribution in [0.3, 0.4) is 0 Å². The van der Waals surface area contributed by atoms with Crippen LogP contribution in [0.2, 0.25) is 0 Å². The lowest BCUT2D eigenvalue weighted by atomic mass is 9.89. The van der Waals surface area contributed by atoms with Crippen LogP contribution in [-0.4, -0.2) is 41.8 Å². The number of aliphatic hydroxyl groups excluding tert-OH is 2. The van der Waals surface area contributed by atoms with Crippen LogP contribution in [0.5, 0.6) is 0 Å². The SMILES string of the molecule is CCC1OC(NC)C(O)[C@@H](O)C1C. The van der Waals surface area contributed by atoms with Crippen molar-refractivity contribution in [3.63, 3.8) is 0 Å². The molecule has 0 aliphatic carbocycles. The van der Waals surface area contributed by atoms with E-state index in [0.29, 0.717) is 0 Å². The van der Waals surface area contributed by atoms with Crippen molar-refractivity contribution in [3.8, 4) is 0 Å². The number of aliphatic hydroxyl groups is 2. The number of hydrogen-bond donors (Lipinski definition) is 3. The fourth-order valence-electron chi connectivity index (χ4n) is 1.81. The van der Waals surface area contributed by atoms with Crippen molar-refractivity contribution in [2.24, 2.45) is 5.92 Å². The summed E-state index contributed by atoms with van der Waals surface area (Å²) >= 11 is 0. The smallest absolute Gasteiger partial charge is 0.137 e. The zero-order valence-corrected chi connectivity index (χ0v) is 8.40. The van der Waals surface area contributed by atoms with Gasteiger partial charge < -0.3 is 14.9 Å². The molecular weight excluding hydrogens is 170 g/mol. The van der Waals surface area contributed by atoms with E-state index in [0.717, 1.165) is 6.42 Å². The second-order valence-corrected chi connectivity index (χ2v) is 3.63. The largest absolute Gasteiger partial charge is 0.390 e. The molecule has 0 amide bonds. The van der Waals surface area contributed by atoms with Crippen LogP contribution in [0, 0.1) is 5.92 Å². The minimum atomic E-state index is -0.831. The molecule has 1 saturated heterocycles. The van der Waals surface area contributed by atoms with Crippen molar-refractivity contribution in [1.82, 2.24) is 5.32 Å². The summed E-state index contributed by atoms with van der Waals surface area (Å²) in [5, 5.41) is 22.1. The van der Waals surface area contributed by atoms with Gasteiger partial charge in [0, 0.05) is 5.92 Å². The quantitative estimate of drug-likeness (QED) is 0.558. The third kappa shape index (κ3) is 2.02. The zero-order chi connectivity index (χ0) is 10.0. The van der Waals surface area contributed by atoms with Gasteiger partial charge in [0.25, 0.3) is 0 Å². The minimum Gasteiger partial charge on any atom is -0.390 e. The van der Waals surface area contributed by atoms with Gasteiger partial charge in [0.15, 0.2) is 0 Å². The van der Waals surface area contributed by atoms with Crippen LogP contribution >= 0.6 is 0 Å². The van der Waals surface area contributed by atoms with E-state index in [1.165, 1.54) is 0 Å². The van der Waals surface area contributed by atoms with Crippen LogP contribution in [-0.2, 0) is 4.74 Å². The van der Waals surface area contributed by atoms with Gasteiger partial charge in [0.1, 0.15) is 12.3 Å². The number of rotatable bonds is 2. The van der Waals surface area contributed by atoms with Gasteiger partial charge in [-0.05, 0) is 13.5 Å². The van der Waals surface area contributed by atoms with E-state index < -0.39 is 18.4 Å². The van der Waals surface area contributed by atoms with Crippen molar-refractivity contribution in [2.75, 3.05) is 7.05 Å². The van der Waals surface area contributed by atoms with E-state index in [9.17, 15) is 10.2 Å². The molecule has 13 heavy (non-hydrogen) atoms. The summed E-state index contributed by atoms with van der Waals surface area (Å²) in [7, 11) is 1.71. The molecule has 0 aromatic heterocycles. The van der Waals surface area contributed by atoms with Gasteiger partial charge in [-0.3, -0.25) is 5.32 Å². The molecule has 78 valence electrons. The summed E-state index contributed by atoms with van der Waals surface area (Å²) < 4.78 is 5.56. The molecule has 5 atom stereocenters. The molecule has 1 aliphatic heterocycles. The zero-order valence-electron chi connectivity index (χ0n) is 8.40. The lowest BCUT2D eigenvalue weighted by Crippen LogP contribution is -2.57. The van der Waals surface area contributed by atoms with Crippen molar-refractivity contribution < 1.29 is 14.9 Å². The van der Waals surface area contributed by atoms with Crippen molar-refractivity contribution in [1.29, 1.82) is 0 Å². The van der Waals surface area contributed by atoms with Crippen LogP contribution in [0.4, 0.5) is 0 Å². The van der Waals surface area contributed by atoms with Gasteiger partial charge in [0.2, 0.25) is 0 Å². The molecule has 1 rings (SSSR count). The number of likely N-dealkylation sites (N-methyl/N-ethyl adjacent to an activating group) is 1. The first kappa shape index (κ1) is 10.9. The van der Waals surface area contributed by atoms with E-state index in [1.807, 2.05) is 13.8 Å². The van der Waals surface area contributed by atoms with E-state index in [1.54, 1.807) is 7.05 Å². The fraction of sp³-hybridized carbons (Fsp3) is 1.00. The Bertz CT molecular complexity index is 145. The first-order valence-corrected chi connectivity index (χ1v) is 4.80. The Labute approximate surface area is 78.9 Å². The first-order chi connectivity index (χ1) is 6.11. The second-order valence-electron chi connectivity index (χ2n) is 3.63. The molecule has 0 bridgehead atoms. The summed E-state index contributed by atoms with van der Waals surface area (Å²) in [5.74, 6) is -0.00963.